The molecule has 33 heavy (non-hydrogen) atoms. The second kappa shape index (κ2) is 8.72. The van der Waals surface area contributed by atoms with Gasteiger partial charge in [0.1, 0.15) is 0 Å². The van der Waals surface area contributed by atoms with Gasteiger partial charge in [-0.15, -0.1) is 0 Å². The van der Waals surface area contributed by atoms with Gasteiger partial charge in [-0.3, -0.25) is 0 Å². The Morgan fingerprint density at radius 3 is 1.24 bits per heavy atom. The quantitative estimate of drug-likeness (QED) is 0.221. The van der Waals surface area contributed by atoms with Gasteiger partial charge in [-0.2, -0.15) is 0 Å². The van der Waals surface area contributed by atoms with E-state index in [1.54, 1.807) is 0 Å². The van der Waals surface area contributed by atoms with E-state index in [9.17, 15) is 5.53 Å². The summed E-state index contributed by atoms with van der Waals surface area (Å²) in [6, 6.07) is 15.3. The fraction of sp³-hybridized carbons (Fsp3) is 0.400. The largest absolute Gasteiger partial charge is 0.0610 e. The smallest absolute Gasteiger partial charge is 0.0532 e. The molecule has 3 nitrogen and oxygen atoms in total. The molecule has 3 heteroatoms. The van der Waals surface area contributed by atoms with Crippen LogP contribution in [0.4, 0.5) is 5.69 Å². The van der Waals surface area contributed by atoms with Crippen LogP contribution in [0.2, 0.25) is 0 Å². The Bertz CT molecular complexity index is 1130. The van der Waals surface area contributed by atoms with E-state index in [-0.39, 0.29) is 10.8 Å². The van der Waals surface area contributed by atoms with Gasteiger partial charge in [0.05, 0.1) is 5.69 Å². The highest BCUT2D eigenvalue weighted by Crippen LogP contribution is 2.45. The van der Waals surface area contributed by atoms with Gasteiger partial charge in [-0.1, -0.05) is 89.1 Å². The van der Waals surface area contributed by atoms with Gasteiger partial charge in [0.2, 0.25) is 0 Å². The third kappa shape index (κ3) is 4.84. The van der Waals surface area contributed by atoms with Gasteiger partial charge in [0.25, 0.3) is 0 Å². The van der Waals surface area contributed by atoms with E-state index in [1.807, 2.05) is 0 Å². The monoisotopic (exact) mass is 439 g/mol. The SMILES string of the molecule is Cc1cc(C(C)(C)C)cc(C)c1-c1cccc(-c2c(C)cc(C(C)(C)C)cc2C)c1N=[N+]=[N-]. The maximum Gasteiger partial charge on any atom is 0.0532 e. The van der Waals surface area contributed by atoms with Crippen molar-refractivity contribution in [2.24, 2.45) is 5.11 Å². The molecule has 3 rings (SSSR count). The Morgan fingerprint density at radius 1 is 0.636 bits per heavy atom. The topological polar surface area (TPSA) is 48.8 Å². The Balaban J connectivity index is 2.33. The van der Waals surface area contributed by atoms with Crippen molar-refractivity contribution < 1.29 is 0 Å². The highest BCUT2D eigenvalue weighted by molar-refractivity contribution is 5.92. The standard InChI is InChI=1S/C30H37N3/c1-18-14-22(29(5,6)7)15-19(2)26(18)24-12-11-13-25(28(24)32-33-31)27-20(3)16-23(17-21(27)4)30(8,9)10/h11-17H,1-10H3. The molecule has 0 radical (unpaired) electrons. The van der Waals surface area contributed by atoms with Gasteiger partial charge in [0.15, 0.2) is 0 Å². The first-order valence-corrected chi connectivity index (χ1v) is 11.7. The molecular weight excluding hydrogens is 402 g/mol. The summed E-state index contributed by atoms with van der Waals surface area (Å²) in [5.74, 6) is 0. The Labute approximate surface area is 199 Å². The number of aryl methyl sites for hydroxylation is 4. The summed E-state index contributed by atoms with van der Waals surface area (Å²) in [4.78, 5) is 3.24. The molecule has 3 aromatic carbocycles. The summed E-state index contributed by atoms with van der Waals surface area (Å²) < 4.78 is 0. The summed E-state index contributed by atoms with van der Waals surface area (Å²) in [5, 5.41) is 4.25. The molecule has 0 heterocycles. The lowest BCUT2D eigenvalue weighted by atomic mass is 9.81. The van der Waals surface area contributed by atoms with E-state index in [1.165, 1.54) is 33.4 Å². The van der Waals surface area contributed by atoms with Crippen molar-refractivity contribution in [1.82, 2.24) is 0 Å². The average Bonchev–Trinajstić information content (AvgIpc) is 2.67. The molecule has 0 aliphatic heterocycles. The number of benzene rings is 3. The highest BCUT2D eigenvalue weighted by Gasteiger charge is 2.22. The molecule has 0 aliphatic rings. The molecule has 0 saturated heterocycles. The van der Waals surface area contributed by atoms with E-state index in [0.717, 1.165) is 22.3 Å². The Hall–Kier alpha value is -3.03. The molecule has 172 valence electrons. The minimum atomic E-state index is 0.0760. The lowest BCUT2D eigenvalue weighted by Gasteiger charge is -2.25. The fourth-order valence-electron chi connectivity index (χ4n) is 4.74. The Kier molecular flexibility index (Phi) is 6.51. The zero-order chi connectivity index (χ0) is 24.7. The van der Waals surface area contributed by atoms with E-state index in [0.29, 0.717) is 5.69 Å². The van der Waals surface area contributed by atoms with Gasteiger partial charge < -0.3 is 0 Å². The minimum Gasteiger partial charge on any atom is -0.0610 e. The zero-order valence-electron chi connectivity index (χ0n) is 21.9. The molecule has 0 spiro atoms. The van der Waals surface area contributed by atoms with E-state index >= 15 is 0 Å². The summed E-state index contributed by atoms with van der Waals surface area (Å²) >= 11 is 0. The molecular formula is C30H37N3. The maximum absolute atomic E-state index is 9.50. The number of hydrogen-bond donors (Lipinski definition) is 0. The number of azide groups is 1. The second-order valence-electron chi connectivity index (χ2n) is 11.4. The molecule has 0 aromatic heterocycles. The average molecular weight is 440 g/mol. The molecule has 0 amide bonds. The fourth-order valence-corrected chi connectivity index (χ4v) is 4.74. The number of hydrogen-bond acceptors (Lipinski definition) is 1. The van der Waals surface area contributed by atoms with Gasteiger partial charge in [-0.25, -0.2) is 0 Å². The summed E-state index contributed by atoms with van der Waals surface area (Å²) in [7, 11) is 0. The van der Waals surface area contributed by atoms with Crippen LogP contribution in [-0.4, -0.2) is 0 Å². The molecule has 0 bridgehead atoms. The highest BCUT2D eigenvalue weighted by atomic mass is 15.1. The normalized spacial score (nSPS) is 11.9. The minimum absolute atomic E-state index is 0.0760. The van der Waals surface area contributed by atoms with Crippen molar-refractivity contribution in [3.05, 3.63) is 86.3 Å². The van der Waals surface area contributed by atoms with Crippen molar-refractivity contribution in [3.8, 4) is 22.3 Å². The molecule has 0 N–H and O–H groups in total. The maximum atomic E-state index is 9.50. The molecule has 0 fully saturated rings. The Morgan fingerprint density at radius 2 is 0.970 bits per heavy atom. The second-order valence-corrected chi connectivity index (χ2v) is 11.4. The van der Waals surface area contributed by atoms with Crippen LogP contribution in [0.25, 0.3) is 32.7 Å². The lowest BCUT2D eigenvalue weighted by Crippen LogP contribution is -2.12. The van der Waals surface area contributed by atoms with Crippen LogP contribution in [0.5, 0.6) is 0 Å². The summed E-state index contributed by atoms with van der Waals surface area (Å²) in [5.41, 5.74) is 22.0. The van der Waals surface area contributed by atoms with Crippen LogP contribution in [-0.2, 0) is 10.8 Å². The first-order valence-electron chi connectivity index (χ1n) is 11.7. The summed E-state index contributed by atoms with van der Waals surface area (Å²) in [6.07, 6.45) is 0. The molecule has 0 saturated carbocycles. The van der Waals surface area contributed by atoms with Gasteiger partial charge >= 0.3 is 0 Å². The summed E-state index contributed by atoms with van der Waals surface area (Å²) in [6.45, 7) is 22.0. The van der Waals surface area contributed by atoms with Crippen molar-refractivity contribution in [1.29, 1.82) is 0 Å². The van der Waals surface area contributed by atoms with Crippen molar-refractivity contribution in [2.45, 2.75) is 80.1 Å². The molecule has 0 atom stereocenters. The van der Waals surface area contributed by atoms with E-state index in [4.69, 9.17) is 0 Å². The predicted octanol–water partition coefficient (Wildman–Crippen LogP) is 9.79. The third-order valence-electron chi connectivity index (χ3n) is 6.52. The van der Waals surface area contributed by atoms with Crippen molar-refractivity contribution >= 4 is 5.69 Å². The predicted molar refractivity (Wildman–Crippen MR) is 142 cm³/mol. The molecule has 0 unspecified atom stereocenters. The first-order chi connectivity index (χ1) is 15.3. The first kappa shape index (κ1) is 24.6. The van der Waals surface area contributed by atoms with Gasteiger partial charge in [-0.05, 0) is 99.7 Å². The van der Waals surface area contributed by atoms with Crippen LogP contribution in [0, 0.1) is 27.7 Å². The lowest BCUT2D eigenvalue weighted by molar-refractivity contribution is 0.589. The van der Waals surface area contributed by atoms with E-state index in [2.05, 4.69) is 122 Å². The van der Waals surface area contributed by atoms with Gasteiger partial charge in [0, 0.05) is 4.91 Å². The van der Waals surface area contributed by atoms with Crippen LogP contribution >= 0.6 is 0 Å². The third-order valence-corrected chi connectivity index (χ3v) is 6.52. The van der Waals surface area contributed by atoms with Crippen LogP contribution < -0.4 is 0 Å². The van der Waals surface area contributed by atoms with Crippen LogP contribution in [0.1, 0.15) is 74.9 Å². The van der Waals surface area contributed by atoms with Crippen LogP contribution in [0.3, 0.4) is 0 Å². The van der Waals surface area contributed by atoms with Crippen molar-refractivity contribution in [2.75, 3.05) is 0 Å². The molecule has 0 aliphatic carbocycles. The number of nitrogens with zero attached hydrogens (tertiary/aromatic N) is 3. The zero-order valence-corrected chi connectivity index (χ0v) is 21.9. The van der Waals surface area contributed by atoms with Crippen molar-refractivity contribution in [3.63, 3.8) is 0 Å². The number of rotatable bonds is 3. The van der Waals surface area contributed by atoms with E-state index < -0.39 is 0 Å². The molecule has 3 aromatic rings. The van der Waals surface area contributed by atoms with Crippen LogP contribution in [0.15, 0.2) is 47.6 Å².